The summed E-state index contributed by atoms with van der Waals surface area (Å²) in [5.41, 5.74) is 6.69. The molecule has 2 heterocycles. The van der Waals surface area contributed by atoms with Gasteiger partial charge in [-0.3, -0.25) is 4.79 Å². The van der Waals surface area contributed by atoms with E-state index in [2.05, 4.69) is 9.97 Å². The summed E-state index contributed by atoms with van der Waals surface area (Å²) >= 11 is 1.45. The van der Waals surface area contributed by atoms with Gasteiger partial charge in [-0.25, -0.2) is 9.97 Å². The van der Waals surface area contributed by atoms with Crippen LogP contribution < -0.4 is 10.5 Å². The molecule has 0 radical (unpaired) electrons. The topological polar surface area (TPSA) is 78.1 Å². The van der Waals surface area contributed by atoms with E-state index < -0.39 is 5.91 Å². The molecule has 0 bridgehead atoms. The Balaban J connectivity index is 2.06. The molecule has 0 unspecified atom stereocenters. The summed E-state index contributed by atoms with van der Waals surface area (Å²) in [5, 5.41) is 0.705. The van der Waals surface area contributed by atoms with Gasteiger partial charge in [0, 0.05) is 10.3 Å². The first kappa shape index (κ1) is 14.5. The highest BCUT2D eigenvalue weighted by Gasteiger charge is 2.20. The number of rotatable bonds is 4. The summed E-state index contributed by atoms with van der Waals surface area (Å²) < 4.78 is 5.76. The van der Waals surface area contributed by atoms with Gasteiger partial charge in [0.05, 0.1) is 11.3 Å². The third-order valence-corrected chi connectivity index (χ3v) is 4.28. The van der Waals surface area contributed by atoms with Crippen LogP contribution in [0.1, 0.15) is 26.8 Å². The Hall–Kier alpha value is -2.47. The highest BCUT2D eigenvalue weighted by Crippen LogP contribution is 2.31. The van der Waals surface area contributed by atoms with Gasteiger partial charge in [-0.05, 0) is 26.0 Å². The van der Waals surface area contributed by atoms with Crippen molar-refractivity contribution in [3.05, 3.63) is 52.3 Å². The number of carbonyl (C=O) groups is 1. The normalized spacial score (nSPS) is 10.8. The van der Waals surface area contributed by atoms with Gasteiger partial charge in [0.15, 0.2) is 0 Å². The Bertz CT molecular complexity index is 843. The molecule has 0 atom stereocenters. The number of hydrogen-bond donors (Lipinski definition) is 1. The van der Waals surface area contributed by atoms with Gasteiger partial charge in [-0.2, -0.15) is 0 Å². The zero-order chi connectivity index (χ0) is 15.7. The molecule has 1 amide bonds. The summed E-state index contributed by atoms with van der Waals surface area (Å²) in [6.07, 6.45) is 0. The number of nitrogens with zero attached hydrogens (tertiary/aromatic N) is 2. The Kier molecular flexibility index (Phi) is 3.77. The summed E-state index contributed by atoms with van der Waals surface area (Å²) in [5.74, 6) is 0.938. The predicted octanol–water partition coefficient (Wildman–Crippen LogP) is 2.99. The second-order valence-electron chi connectivity index (χ2n) is 4.90. The molecule has 112 valence electrons. The number of fused-ring (bicyclic) bond motifs is 1. The summed E-state index contributed by atoms with van der Waals surface area (Å²) in [6.45, 7) is 3.95. The summed E-state index contributed by atoms with van der Waals surface area (Å²) in [4.78, 5) is 22.2. The lowest BCUT2D eigenvalue weighted by atomic mass is 10.1. The average molecular weight is 313 g/mol. The molecule has 5 nitrogen and oxygen atoms in total. The van der Waals surface area contributed by atoms with Crippen molar-refractivity contribution in [2.24, 2.45) is 5.73 Å². The van der Waals surface area contributed by atoms with Crippen molar-refractivity contribution >= 4 is 27.5 Å². The van der Waals surface area contributed by atoms with Crippen LogP contribution in [-0.2, 0) is 6.61 Å². The molecule has 0 saturated carbocycles. The second kappa shape index (κ2) is 5.73. The van der Waals surface area contributed by atoms with Crippen molar-refractivity contribution in [3.8, 4) is 5.75 Å². The Labute approximate surface area is 131 Å². The largest absolute Gasteiger partial charge is 0.487 e. The summed E-state index contributed by atoms with van der Waals surface area (Å²) in [6, 6.07) is 9.48. The first-order valence-electron chi connectivity index (χ1n) is 6.80. The average Bonchev–Trinajstić information content (AvgIpc) is 2.81. The number of amides is 1. The van der Waals surface area contributed by atoms with Crippen LogP contribution in [0.4, 0.5) is 0 Å². The van der Waals surface area contributed by atoms with E-state index in [1.807, 2.05) is 44.2 Å². The fourth-order valence-electron chi connectivity index (χ4n) is 2.37. The van der Waals surface area contributed by atoms with Crippen LogP contribution in [0.5, 0.6) is 5.75 Å². The van der Waals surface area contributed by atoms with Gasteiger partial charge in [0.25, 0.3) is 5.91 Å². The van der Waals surface area contributed by atoms with Crippen molar-refractivity contribution in [2.45, 2.75) is 20.5 Å². The molecule has 0 aliphatic heterocycles. The lowest BCUT2D eigenvalue weighted by Crippen LogP contribution is -2.13. The third kappa shape index (κ3) is 2.65. The monoisotopic (exact) mass is 313 g/mol. The number of ether oxygens (including phenoxy) is 1. The van der Waals surface area contributed by atoms with Gasteiger partial charge in [-0.15, -0.1) is 11.3 Å². The molecule has 2 aromatic heterocycles. The first-order valence-corrected chi connectivity index (χ1v) is 7.62. The highest BCUT2D eigenvalue weighted by atomic mass is 32.1. The molecule has 3 rings (SSSR count). The number of hydrogen-bond acceptors (Lipinski definition) is 5. The van der Waals surface area contributed by atoms with Gasteiger partial charge in [0.2, 0.25) is 0 Å². The molecule has 22 heavy (non-hydrogen) atoms. The highest BCUT2D eigenvalue weighted by molar-refractivity contribution is 7.19. The lowest BCUT2D eigenvalue weighted by molar-refractivity contribution is 0.100. The third-order valence-electron chi connectivity index (χ3n) is 3.28. The van der Waals surface area contributed by atoms with E-state index in [1.54, 1.807) is 0 Å². The number of nitrogens with two attached hydrogens (primary N) is 1. The lowest BCUT2D eigenvalue weighted by Gasteiger charge is -2.08. The fraction of sp³-hybridized carbons (Fsp3) is 0.188. The minimum atomic E-state index is -0.461. The molecule has 1 aromatic carbocycles. The zero-order valence-corrected chi connectivity index (χ0v) is 13.1. The molecule has 2 N–H and O–H groups in total. The van der Waals surface area contributed by atoms with E-state index >= 15 is 0 Å². The molecular weight excluding hydrogens is 298 g/mol. The standard InChI is InChI=1S/C16H15N3O2S/c1-9-13(15(17)20)14-12(18-10(2)19-16(14)22-9)8-21-11-6-4-3-5-7-11/h3-7H,8H2,1-2H3,(H2,17,20). The first-order chi connectivity index (χ1) is 10.6. The zero-order valence-electron chi connectivity index (χ0n) is 12.3. The van der Waals surface area contributed by atoms with Crippen LogP contribution in [0.3, 0.4) is 0 Å². The quantitative estimate of drug-likeness (QED) is 0.803. The minimum Gasteiger partial charge on any atom is -0.487 e. The molecule has 0 aliphatic carbocycles. The van der Waals surface area contributed by atoms with Gasteiger partial charge < -0.3 is 10.5 Å². The second-order valence-corrected chi connectivity index (χ2v) is 6.10. The number of aromatic nitrogens is 2. The van der Waals surface area contributed by atoms with Crippen molar-refractivity contribution in [1.82, 2.24) is 9.97 Å². The van der Waals surface area contributed by atoms with Crippen LogP contribution in [0.15, 0.2) is 30.3 Å². The van der Waals surface area contributed by atoms with E-state index in [0.717, 1.165) is 15.5 Å². The smallest absolute Gasteiger partial charge is 0.250 e. The molecule has 3 aromatic rings. The predicted molar refractivity (Wildman–Crippen MR) is 86.2 cm³/mol. The number of primary amides is 1. The Morgan fingerprint density at radius 2 is 1.95 bits per heavy atom. The maximum atomic E-state index is 11.7. The van der Waals surface area contributed by atoms with E-state index in [0.29, 0.717) is 22.5 Å². The van der Waals surface area contributed by atoms with E-state index in [-0.39, 0.29) is 6.61 Å². The van der Waals surface area contributed by atoms with Crippen LogP contribution >= 0.6 is 11.3 Å². The summed E-state index contributed by atoms with van der Waals surface area (Å²) in [7, 11) is 0. The van der Waals surface area contributed by atoms with Crippen LogP contribution in [0, 0.1) is 13.8 Å². The van der Waals surface area contributed by atoms with Gasteiger partial charge in [-0.1, -0.05) is 18.2 Å². The van der Waals surface area contributed by atoms with Crippen molar-refractivity contribution < 1.29 is 9.53 Å². The van der Waals surface area contributed by atoms with E-state index in [9.17, 15) is 4.79 Å². The number of para-hydroxylation sites is 1. The molecule has 0 spiro atoms. The maximum absolute atomic E-state index is 11.7. The molecule has 0 fully saturated rings. The molecule has 0 saturated heterocycles. The Morgan fingerprint density at radius 1 is 1.23 bits per heavy atom. The Morgan fingerprint density at radius 3 is 2.64 bits per heavy atom. The van der Waals surface area contributed by atoms with Crippen molar-refractivity contribution in [3.63, 3.8) is 0 Å². The number of aryl methyl sites for hydroxylation is 2. The van der Waals surface area contributed by atoms with E-state index in [4.69, 9.17) is 10.5 Å². The maximum Gasteiger partial charge on any atom is 0.250 e. The molecular formula is C16H15N3O2S. The number of benzene rings is 1. The van der Waals surface area contributed by atoms with Gasteiger partial charge in [0.1, 0.15) is 23.0 Å². The fourth-order valence-corrected chi connectivity index (χ4v) is 3.46. The number of carbonyl (C=O) groups excluding carboxylic acids is 1. The SMILES string of the molecule is Cc1nc(COc2ccccc2)c2c(C(N)=O)c(C)sc2n1. The number of thiophene rings is 1. The van der Waals surface area contributed by atoms with Crippen molar-refractivity contribution in [1.29, 1.82) is 0 Å². The minimum absolute atomic E-state index is 0.264. The van der Waals surface area contributed by atoms with Gasteiger partial charge >= 0.3 is 0 Å². The van der Waals surface area contributed by atoms with Crippen LogP contribution in [0.2, 0.25) is 0 Å². The van der Waals surface area contributed by atoms with E-state index in [1.165, 1.54) is 11.3 Å². The van der Waals surface area contributed by atoms with Crippen molar-refractivity contribution in [2.75, 3.05) is 0 Å². The molecule has 0 aliphatic rings. The van der Waals surface area contributed by atoms with Crippen LogP contribution in [-0.4, -0.2) is 15.9 Å². The molecule has 6 heteroatoms. The van der Waals surface area contributed by atoms with Crippen LogP contribution in [0.25, 0.3) is 10.2 Å².